The Balaban J connectivity index is 1.40. The molecular weight excluding hydrogens is 246 g/mol. The molecule has 2 N–H and O–H groups in total. The van der Waals surface area contributed by atoms with Crippen LogP contribution in [-0.2, 0) is 11.2 Å². The van der Waals surface area contributed by atoms with Crippen LogP contribution in [0.25, 0.3) is 0 Å². The normalized spacial score (nSPS) is 23.4. The van der Waals surface area contributed by atoms with Gasteiger partial charge in [0, 0.05) is 0 Å². The first-order valence-corrected chi connectivity index (χ1v) is 6.56. The molecular formula is C14H17NO4. The van der Waals surface area contributed by atoms with Gasteiger partial charge in [-0.2, -0.15) is 0 Å². The van der Waals surface area contributed by atoms with Crippen LogP contribution in [0.1, 0.15) is 12.0 Å². The molecule has 1 aromatic carbocycles. The fourth-order valence-corrected chi connectivity index (χ4v) is 2.39. The number of ether oxygens (including phenoxy) is 2. The lowest BCUT2D eigenvalue weighted by Gasteiger charge is -2.05. The molecule has 2 atom stereocenters. The summed E-state index contributed by atoms with van der Waals surface area (Å²) in [6.07, 6.45) is 1.72. The van der Waals surface area contributed by atoms with Gasteiger partial charge in [-0.25, -0.2) is 0 Å². The lowest BCUT2D eigenvalue weighted by atomic mass is 10.1. The van der Waals surface area contributed by atoms with Gasteiger partial charge in [-0.1, -0.05) is 6.07 Å². The van der Waals surface area contributed by atoms with Gasteiger partial charge in [0.05, 0.1) is 5.92 Å². The number of benzene rings is 1. The minimum atomic E-state index is -0.664. The van der Waals surface area contributed by atoms with Crippen LogP contribution in [0.2, 0.25) is 0 Å². The number of hydrogen-bond acceptors (Lipinski definition) is 4. The SMILES string of the molecule is O=C(O)C1CC1CNCCc1ccc2c(c1)OCO2. The molecule has 1 fully saturated rings. The topological polar surface area (TPSA) is 67.8 Å². The Kier molecular flexibility index (Phi) is 3.29. The molecule has 2 aliphatic rings. The van der Waals surface area contributed by atoms with Gasteiger partial charge in [0.2, 0.25) is 6.79 Å². The second kappa shape index (κ2) is 5.09. The molecule has 0 aromatic heterocycles. The van der Waals surface area contributed by atoms with E-state index in [4.69, 9.17) is 14.6 Å². The quantitative estimate of drug-likeness (QED) is 0.756. The molecule has 0 radical (unpaired) electrons. The minimum absolute atomic E-state index is 0.127. The van der Waals surface area contributed by atoms with Gasteiger partial charge in [-0.05, 0) is 49.5 Å². The number of rotatable bonds is 6. The van der Waals surface area contributed by atoms with Crippen molar-refractivity contribution in [3.8, 4) is 11.5 Å². The van der Waals surface area contributed by atoms with E-state index in [2.05, 4.69) is 5.32 Å². The third-order valence-electron chi connectivity index (χ3n) is 3.67. The van der Waals surface area contributed by atoms with Gasteiger partial charge in [0.25, 0.3) is 0 Å². The van der Waals surface area contributed by atoms with Gasteiger partial charge in [-0.15, -0.1) is 0 Å². The first kappa shape index (κ1) is 12.3. The highest BCUT2D eigenvalue weighted by Crippen LogP contribution is 2.37. The van der Waals surface area contributed by atoms with Crippen molar-refractivity contribution in [3.05, 3.63) is 23.8 Å². The van der Waals surface area contributed by atoms with Crippen molar-refractivity contribution in [2.45, 2.75) is 12.8 Å². The van der Waals surface area contributed by atoms with Gasteiger partial charge < -0.3 is 19.9 Å². The molecule has 0 spiro atoms. The Morgan fingerprint density at radius 3 is 3.00 bits per heavy atom. The summed E-state index contributed by atoms with van der Waals surface area (Å²) in [5, 5.41) is 12.1. The van der Waals surface area contributed by atoms with Crippen molar-refractivity contribution in [2.24, 2.45) is 11.8 Å². The molecule has 0 amide bonds. The molecule has 1 aliphatic carbocycles. The summed E-state index contributed by atoms with van der Waals surface area (Å²) in [6, 6.07) is 5.96. The summed E-state index contributed by atoms with van der Waals surface area (Å²) >= 11 is 0. The van der Waals surface area contributed by atoms with Crippen LogP contribution in [0.3, 0.4) is 0 Å². The minimum Gasteiger partial charge on any atom is -0.481 e. The lowest BCUT2D eigenvalue weighted by molar-refractivity contribution is -0.138. The van der Waals surface area contributed by atoms with E-state index in [1.807, 2.05) is 18.2 Å². The van der Waals surface area contributed by atoms with E-state index in [-0.39, 0.29) is 5.92 Å². The Bertz CT molecular complexity index is 488. The van der Waals surface area contributed by atoms with E-state index < -0.39 is 5.97 Å². The van der Waals surface area contributed by atoms with Crippen LogP contribution in [0.15, 0.2) is 18.2 Å². The second-order valence-corrected chi connectivity index (χ2v) is 5.08. The zero-order valence-corrected chi connectivity index (χ0v) is 10.6. The number of carbonyl (C=O) groups is 1. The largest absolute Gasteiger partial charge is 0.481 e. The third-order valence-corrected chi connectivity index (χ3v) is 3.67. The summed E-state index contributed by atoms with van der Waals surface area (Å²) in [5.41, 5.74) is 1.20. The second-order valence-electron chi connectivity index (χ2n) is 5.08. The molecule has 19 heavy (non-hydrogen) atoms. The fourth-order valence-electron chi connectivity index (χ4n) is 2.39. The predicted octanol–water partition coefficient (Wildman–Crippen LogP) is 1.27. The van der Waals surface area contributed by atoms with Crippen molar-refractivity contribution in [2.75, 3.05) is 19.9 Å². The number of nitrogens with one attached hydrogen (secondary N) is 1. The summed E-state index contributed by atoms with van der Waals surface area (Å²) in [4.78, 5) is 10.7. The van der Waals surface area contributed by atoms with Crippen LogP contribution in [0, 0.1) is 11.8 Å². The molecule has 1 heterocycles. The van der Waals surface area contributed by atoms with Crippen LogP contribution >= 0.6 is 0 Å². The van der Waals surface area contributed by atoms with Crippen molar-refractivity contribution in [1.29, 1.82) is 0 Å². The molecule has 5 nitrogen and oxygen atoms in total. The molecule has 102 valence electrons. The monoisotopic (exact) mass is 263 g/mol. The Hall–Kier alpha value is -1.75. The molecule has 0 bridgehead atoms. The highest BCUT2D eigenvalue weighted by Gasteiger charge is 2.42. The molecule has 1 aromatic rings. The van der Waals surface area contributed by atoms with E-state index in [9.17, 15) is 4.79 Å². The van der Waals surface area contributed by atoms with Crippen LogP contribution in [0.5, 0.6) is 11.5 Å². The van der Waals surface area contributed by atoms with E-state index >= 15 is 0 Å². The average Bonchev–Trinajstić information content (AvgIpc) is 3.03. The number of carboxylic acid groups (broad SMARTS) is 1. The van der Waals surface area contributed by atoms with E-state index in [0.717, 1.165) is 37.4 Å². The van der Waals surface area contributed by atoms with E-state index in [1.54, 1.807) is 0 Å². The average molecular weight is 263 g/mol. The molecule has 5 heteroatoms. The lowest BCUT2D eigenvalue weighted by Crippen LogP contribution is -2.21. The number of fused-ring (bicyclic) bond motifs is 1. The van der Waals surface area contributed by atoms with Gasteiger partial charge in [0.15, 0.2) is 11.5 Å². The van der Waals surface area contributed by atoms with E-state index in [1.165, 1.54) is 5.56 Å². The predicted molar refractivity (Wildman–Crippen MR) is 68.4 cm³/mol. The van der Waals surface area contributed by atoms with Crippen molar-refractivity contribution in [1.82, 2.24) is 5.32 Å². The zero-order chi connectivity index (χ0) is 13.2. The summed E-state index contributed by atoms with van der Waals surface area (Å²) in [5.74, 6) is 1.14. The summed E-state index contributed by atoms with van der Waals surface area (Å²) in [6.45, 7) is 1.94. The highest BCUT2D eigenvalue weighted by molar-refractivity contribution is 5.73. The van der Waals surface area contributed by atoms with Gasteiger partial charge >= 0.3 is 5.97 Å². The van der Waals surface area contributed by atoms with Crippen molar-refractivity contribution < 1.29 is 19.4 Å². The number of hydrogen-bond donors (Lipinski definition) is 2. The standard InChI is InChI=1S/C14H17NO4/c16-14(17)11-6-10(11)7-15-4-3-9-1-2-12-13(5-9)19-8-18-12/h1-2,5,10-11,15H,3-4,6-8H2,(H,16,17). The maximum Gasteiger partial charge on any atom is 0.306 e. The molecule has 1 aliphatic heterocycles. The smallest absolute Gasteiger partial charge is 0.306 e. The van der Waals surface area contributed by atoms with Crippen molar-refractivity contribution in [3.63, 3.8) is 0 Å². The summed E-state index contributed by atoms with van der Waals surface area (Å²) < 4.78 is 10.6. The maximum absolute atomic E-state index is 10.7. The highest BCUT2D eigenvalue weighted by atomic mass is 16.7. The molecule has 2 unspecified atom stereocenters. The Morgan fingerprint density at radius 2 is 2.21 bits per heavy atom. The summed E-state index contributed by atoms with van der Waals surface area (Å²) in [7, 11) is 0. The van der Waals surface area contributed by atoms with E-state index in [0.29, 0.717) is 12.7 Å². The first-order valence-electron chi connectivity index (χ1n) is 6.56. The van der Waals surface area contributed by atoms with Gasteiger partial charge in [-0.3, -0.25) is 4.79 Å². The Morgan fingerprint density at radius 1 is 1.37 bits per heavy atom. The van der Waals surface area contributed by atoms with Crippen LogP contribution in [-0.4, -0.2) is 31.0 Å². The van der Waals surface area contributed by atoms with Crippen molar-refractivity contribution >= 4 is 5.97 Å². The van der Waals surface area contributed by atoms with Crippen LogP contribution < -0.4 is 14.8 Å². The van der Waals surface area contributed by atoms with Crippen LogP contribution in [0.4, 0.5) is 0 Å². The first-order chi connectivity index (χ1) is 9.24. The molecule has 1 saturated carbocycles. The van der Waals surface area contributed by atoms with Gasteiger partial charge in [0.1, 0.15) is 0 Å². The number of aliphatic carboxylic acids is 1. The molecule has 3 rings (SSSR count). The fraction of sp³-hybridized carbons (Fsp3) is 0.500. The third kappa shape index (κ3) is 2.81. The Labute approximate surface area is 111 Å². The maximum atomic E-state index is 10.7. The molecule has 0 saturated heterocycles. The zero-order valence-electron chi connectivity index (χ0n) is 10.6. The number of carboxylic acids is 1.